The first kappa shape index (κ1) is 18.7. The Bertz CT molecular complexity index is 1020. The minimum absolute atomic E-state index is 0.437. The Balaban J connectivity index is 2.11. The minimum Gasteiger partial charge on any atom is -0.290 e. The van der Waals surface area contributed by atoms with Crippen molar-refractivity contribution in [2.45, 2.75) is 5.54 Å². The van der Waals surface area contributed by atoms with Crippen LogP contribution in [-0.4, -0.2) is 17.1 Å². The summed E-state index contributed by atoms with van der Waals surface area (Å²) in [4.78, 5) is 24.5. The summed E-state index contributed by atoms with van der Waals surface area (Å²) in [7, 11) is 1.60. The number of H-pyrrole nitrogens is 1. The molecular formula is C24H21N3O2. The summed E-state index contributed by atoms with van der Waals surface area (Å²) in [5.41, 5.74) is 1.71. The summed E-state index contributed by atoms with van der Waals surface area (Å²) >= 11 is 0. The zero-order chi connectivity index (χ0) is 20.1. The lowest BCUT2D eigenvalue weighted by atomic mass is 9.76. The van der Waals surface area contributed by atoms with Crippen molar-refractivity contribution in [3.05, 3.63) is 130 Å². The maximum Gasteiger partial charge on any atom is 0.346 e. The monoisotopic (exact) mass is 383 g/mol. The Labute approximate surface area is 169 Å². The van der Waals surface area contributed by atoms with Crippen LogP contribution in [0, 0.1) is 0 Å². The van der Waals surface area contributed by atoms with Gasteiger partial charge in [0.2, 0.25) is 0 Å². The van der Waals surface area contributed by atoms with Crippen LogP contribution in [0.1, 0.15) is 16.7 Å². The van der Waals surface area contributed by atoms with Crippen molar-refractivity contribution in [2.24, 2.45) is 0 Å². The molecule has 0 fully saturated rings. The maximum absolute atomic E-state index is 12.0. The highest BCUT2D eigenvalue weighted by molar-refractivity contribution is 5.58. The molecule has 0 bridgehead atoms. The molecule has 3 aromatic carbocycles. The molecule has 0 aliphatic rings. The lowest BCUT2D eigenvalue weighted by molar-refractivity contribution is 0.120. The Morgan fingerprint density at radius 3 is 1.59 bits per heavy atom. The first-order chi connectivity index (χ1) is 14.3. The van der Waals surface area contributed by atoms with E-state index < -0.39 is 11.2 Å². The van der Waals surface area contributed by atoms with Crippen molar-refractivity contribution in [3.63, 3.8) is 0 Å². The molecule has 0 aliphatic heterocycles. The van der Waals surface area contributed by atoms with Crippen LogP contribution in [-0.2, 0) is 10.4 Å². The van der Waals surface area contributed by atoms with E-state index in [1.54, 1.807) is 18.2 Å². The summed E-state index contributed by atoms with van der Waals surface area (Å²) in [5, 5.41) is 1.73. The van der Waals surface area contributed by atoms with Gasteiger partial charge < -0.3 is 0 Å². The summed E-state index contributed by atoms with van der Waals surface area (Å²) in [6.45, 7) is 0. The minimum atomic E-state index is -0.844. The molecule has 1 N–H and O–H groups in total. The fraction of sp³-hybridized carbons (Fsp3) is 0.0833. The molecule has 1 heterocycles. The van der Waals surface area contributed by atoms with Crippen LogP contribution >= 0.6 is 0 Å². The molecule has 0 unspecified atom stereocenters. The predicted molar refractivity (Wildman–Crippen MR) is 114 cm³/mol. The average Bonchev–Trinajstić information content (AvgIpc) is 2.79. The molecule has 5 heteroatoms. The quantitative estimate of drug-likeness (QED) is 0.402. The number of rotatable bonds is 6. The van der Waals surface area contributed by atoms with Crippen LogP contribution < -0.4 is 10.8 Å². The highest BCUT2D eigenvalue weighted by atomic mass is 16.7. The summed E-state index contributed by atoms with van der Waals surface area (Å²) in [6.07, 6.45) is 1.48. The highest BCUT2D eigenvalue weighted by Crippen LogP contribution is 2.43. The van der Waals surface area contributed by atoms with Crippen LogP contribution in [0.3, 0.4) is 0 Å². The van der Waals surface area contributed by atoms with E-state index in [1.165, 1.54) is 6.20 Å². The molecule has 4 rings (SSSR count). The van der Waals surface area contributed by atoms with Gasteiger partial charge >= 0.3 is 5.69 Å². The molecule has 0 saturated carbocycles. The molecule has 0 atom stereocenters. The first-order valence-electron chi connectivity index (χ1n) is 9.33. The Hall–Kier alpha value is -3.70. The zero-order valence-electron chi connectivity index (χ0n) is 16.0. The molecule has 0 radical (unpaired) electrons. The van der Waals surface area contributed by atoms with Crippen molar-refractivity contribution < 1.29 is 4.84 Å². The van der Waals surface area contributed by atoms with Crippen LogP contribution in [0.5, 0.6) is 0 Å². The SMILES string of the molecule is CON(c1ccnc(=O)[nH]1)C(c1ccccc1)(c1ccccc1)c1ccccc1. The molecule has 144 valence electrons. The molecule has 0 spiro atoms. The lowest BCUT2D eigenvalue weighted by Crippen LogP contribution is -2.48. The number of nitrogens with zero attached hydrogens (tertiary/aromatic N) is 2. The molecule has 0 amide bonds. The van der Waals surface area contributed by atoms with E-state index in [4.69, 9.17) is 4.84 Å². The van der Waals surface area contributed by atoms with Crippen molar-refractivity contribution in [1.82, 2.24) is 9.97 Å². The van der Waals surface area contributed by atoms with Gasteiger partial charge in [0.1, 0.15) is 11.4 Å². The van der Waals surface area contributed by atoms with E-state index in [1.807, 2.05) is 54.6 Å². The Kier molecular flexibility index (Phi) is 5.22. The smallest absolute Gasteiger partial charge is 0.290 e. The molecule has 4 aromatic rings. The topological polar surface area (TPSA) is 58.2 Å². The third-order valence-corrected chi connectivity index (χ3v) is 4.94. The van der Waals surface area contributed by atoms with Gasteiger partial charge in [-0.2, -0.15) is 0 Å². The second-order valence-corrected chi connectivity index (χ2v) is 6.55. The third-order valence-electron chi connectivity index (χ3n) is 4.94. The van der Waals surface area contributed by atoms with Gasteiger partial charge in [-0.3, -0.25) is 9.82 Å². The number of aromatic amines is 1. The fourth-order valence-electron chi connectivity index (χ4n) is 3.78. The van der Waals surface area contributed by atoms with Gasteiger partial charge in [-0.1, -0.05) is 91.0 Å². The van der Waals surface area contributed by atoms with E-state index in [0.29, 0.717) is 5.82 Å². The van der Waals surface area contributed by atoms with Crippen LogP contribution in [0.25, 0.3) is 0 Å². The van der Waals surface area contributed by atoms with Gasteiger partial charge in [0.15, 0.2) is 0 Å². The summed E-state index contributed by atoms with van der Waals surface area (Å²) in [6, 6.07) is 32.0. The maximum atomic E-state index is 12.0. The van der Waals surface area contributed by atoms with Gasteiger partial charge in [-0.05, 0) is 22.8 Å². The molecule has 5 nitrogen and oxygen atoms in total. The fourth-order valence-corrected chi connectivity index (χ4v) is 3.78. The van der Waals surface area contributed by atoms with Crippen molar-refractivity contribution in [1.29, 1.82) is 0 Å². The number of hydrogen-bond donors (Lipinski definition) is 1. The molecule has 0 saturated heterocycles. The predicted octanol–water partition coefficient (Wildman–Crippen LogP) is 4.13. The standard InChI is InChI=1S/C24H21N3O2/c1-29-27(22-17-18-25-23(28)26-22)24(19-11-5-2-6-12-19,20-13-7-3-8-14-20)21-15-9-4-10-16-21/h2-18H,1H3,(H,25,26,28). The Morgan fingerprint density at radius 2 is 1.21 bits per heavy atom. The number of anilines is 1. The number of nitrogens with one attached hydrogen (secondary N) is 1. The molecule has 29 heavy (non-hydrogen) atoms. The number of hydroxylamine groups is 1. The second-order valence-electron chi connectivity index (χ2n) is 6.55. The van der Waals surface area contributed by atoms with E-state index >= 15 is 0 Å². The van der Waals surface area contributed by atoms with E-state index in [2.05, 4.69) is 46.4 Å². The molecule has 1 aromatic heterocycles. The number of benzene rings is 3. The first-order valence-corrected chi connectivity index (χ1v) is 9.33. The zero-order valence-corrected chi connectivity index (χ0v) is 16.0. The van der Waals surface area contributed by atoms with E-state index in [-0.39, 0.29) is 0 Å². The van der Waals surface area contributed by atoms with Crippen molar-refractivity contribution >= 4 is 5.82 Å². The normalized spacial score (nSPS) is 11.2. The number of aromatic nitrogens is 2. The van der Waals surface area contributed by atoms with E-state index in [0.717, 1.165) is 16.7 Å². The average molecular weight is 383 g/mol. The van der Waals surface area contributed by atoms with Crippen molar-refractivity contribution in [3.8, 4) is 0 Å². The van der Waals surface area contributed by atoms with Gasteiger partial charge in [0, 0.05) is 6.20 Å². The molecular weight excluding hydrogens is 362 g/mol. The van der Waals surface area contributed by atoms with Gasteiger partial charge in [0.25, 0.3) is 0 Å². The summed E-state index contributed by atoms with van der Waals surface area (Å²) in [5.74, 6) is 0.504. The van der Waals surface area contributed by atoms with Gasteiger partial charge in [0.05, 0.1) is 7.11 Å². The van der Waals surface area contributed by atoms with Crippen LogP contribution in [0.15, 0.2) is 108 Å². The van der Waals surface area contributed by atoms with E-state index in [9.17, 15) is 4.79 Å². The largest absolute Gasteiger partial charge is 0.346 e. The van der Waals surface area contributed by atoms with Gasteiger partial charge in [-0.25, -0.2) is 14.8 Å². The lowest BCUT2D eigenvalue weighted by Gasteiger charge is -2.44. The van der Waals surface area contributed by atoms with Crippen molar-refractivity contribution in [2.75, 3.05) is 12.2 Å². The van der Waals surface area contributed by atoms with Gasteiger partial charge in [-0.15, -0.1) is 0 Å². The Morgan fingerprint density at radius 1 is 0.759 bits per heavy atom. The summed E-state index contributed by atoms with van der Waals surface area (Å²) < 4.78 is 0. The number of hydrogen-bond acceptors (Lipinski definition) is 4. The highest BCUT2D eigenvalue weighted by Gasteiger charge is 2.44. The second kappa shape index (κ2) is 8.12. The molecule has 0 aliphatic carbocycles. The van der Waals surface area contributed by atoms with Crippen LogP contribution in [0.2, 0.25) is 0 Å². The van der Waals surface area contributed by atoms with Crippen LogP contribution in [0.4, 0.5) is 5.82 Å². The third kappa shape index (κ3) is 3.32.